The van der Waals surface area contributed by atoms with Crippen LogP contribution in [0.1, 0.15) is 31.9 Å². The smallest absolute Gasteiger partial charge is 0.153 e. The van der Waals surface area contributed by atoms with Crippen molar-refractivity contribution in [3.8, 4) is 39.6 Å². The van der Waals surface area contributed by atoms with Gasteiger partial charge in [0.2, 0.25) is 0 Å². The molecule has 0 atom stereocenters. The average Bonchev–Trinajstić information content (AvgIpc) is 3.33. The van der Waals surface area contributed by atoms with Gasteiger partial charge in [-0.3, -0.25) is 4.98 Å². The zero-order valence-corrected chi connectivity index (χ0v) is 22.4. The van der Waals surface area contributed by atoms with E-state index < -0.39 is 11.2 Å². The van der Waals surface area contributed by atoms with Crippen molar-refractivity contribution in [3.63, 3.8) is 0 Å². The van der Waals surface area contributed by atoms with Crippen molar-refractivity contribution >= 4 is 48.7 Å². The van der Waals surface area contributed by atoms with Gasteiger partial charge in [0, 0.05) is 27.5 Å². The van der Waals surface area contributed by atoms with Gasteiger partial charge in [0.1, 0.15) is 38.7 Å². The molecule has 188 valence electrons. The SMILES string of the molecule is [B]c1nc(-c2cccc3c2oc2c(C#N)c(-c4ccc(-c5ccccc5)cc4)ccc23)c([B])c(F)c1C(C)(C)C. The Labute approximate surface area is 235 Å². The van der Waals surface area contributed by atoms with Crippen molar-refractivity contribution in [2.24, 2.45) is 0 Å². The Morgan fingerprint density at radius 1 is 0.750 bits per heavy atom. The van der Waals surface area contributed by atoms with Gasteiger partial charge < -0.3 is 4.42 Å². The van der Waals surface area contributed by atoms with E-state index in [1.54, 1.807) is 6.07 Å². The van der Waals surface area contributed by atoms with Crippen molar-refractivity contribution < 1.29 is 8.81 Å². The minimum atomic E-state index is -0.581. The first-order valence-electron chi connectivity index (χ1n) is 13.0. The summed E-state index contributed by atoms with van der Waals surface area (Å²) in [5.74, 6) is -0.581. The molecular formula is C34H23B2FN2O. The first-order valence-corrected chi connectivity index (χ1v) is 13.0. The summed E-state index contributed by atoms with van der Waals surface area (Å²) >= 11 is 0. The molecule has 0 fully saturated rings. The monoisotopic (exact) mass is 516 g/mol. The summed E-state index contributed by atoms with van der Waals surface area (Å²) in [6.07, 6.45) is 0. The van der Waals surface area contributed by atoms with Crippen LogP contribution in [-0.4, -0.2) is 20.7 Å². The fraction of sp³-hybridized carbons (Fsp3) is 0.118. The lowest BCUT2D eigenvalue weighted by Crippen LogP contribution is -2.34. The maximum atomic E-state index is 15.5. The number of fused-ring (bicyclic) bond motifs is 3. The maximum absolute atomic E-state index is 15.5. The van der Waals surface area contributed by atoms with E-state index in [0.29, 0.717) is 22.3 Å². The number of pyridine rings is 1. The largest absolute Gasteiger partial charge is 0.454 e. The van der Waals surface area contributed by atoms with Crippen molar-refractivity contribution in [1.82, 2.24) is 4.98 Å². The number of aromatic nitrogens is 1. The number of hydrogen-bond donors (Lipinski definition) is 0. The predicted molar refractivity (Wildman–Crippen MR) is 162 cm³/mol. The lowest BCUT2D eigenvalue weighted by Gasteiger charge is -2.24. The fourth-order valence-corrected chi connectivity index (χ4v) is 5.38. The third-order valence-corrected chi connectivity index (χ3v) is 7.29. The molecule has 4 radical (unpaired) electrons. The second-order valence-electron chi connectivity index (χ2n) is 10.9. The molecule has 0 saturated carbocycles. The molecule has 0 bridgehead atoms. The molecule has 6 aromatic rings. The molecule has 2 aromatic heterocycles. The topological polar surface area (TPSA) is 49.8 Å². The third-order valence-electron chi connectivity index (χ3n) is 7.29. The number of hydrogen-bond acceptors (Lipinski definition) is 3. The third kappa shape index (κ3) is 4.10. The number of nitriles is 1. The standard InChI is InChI=1S/C34H23B2FN2O/c1-34(2,3)27-29(37)28(35)30(39-33(27)36)25-11-7-10-23-24-17-16-22(26(18-38)32(24)40-31(23)25)21-14-12-20(13-15-21)19-8-5-4-6-9-19/h4-17H,1-3H3. The van der Waals surface area contributed by atoms with E-state index in [4.69, 9.17) is 20.1 Å². The summed E-state index contributed by atoms with van der Waals surface area (Å²) in [4.78, 5) is 4.52. The minimum Gasteiger partial charge on any atom is -0.454 e. The van der Waals surface area contributed by atoms with Gasteiger partial charge in [-0.25, -0.2) is 4.39 Å². The van der Waals surface area contributed by atoms with Crippen molar-refractivity contribution in [1.29, 1.82) is 5.26 Å². The highest BCUT2D eigenvalue weighted by Gasteiger charge is 2.26. The highest BCUT2D eigenvalue weighted by atomic mass is 19.1. The van der Waals surface area contributed by atoms with Crippen molar-refractivity contribution in [2.45, 2.75) is 26.2 Å². The first-order chi connectivity index (χ1) is 19.2. The number of halogens is 1. The Morgan fingerprint density at radius 3 is 2.08 bits per heavy atom. The molecular weight excluding hydrogens is 493 g/mol. The normalized spacial score (nSPS) is 11.7. The van der Waals surface area contributed by atoms with Crippen molar-refractivity contribution in [3.05, 3.63) is 102 Å². The van der Waals surface area contributed by atoms with Gasteiger partial charge in [0.15, 0.2) is 5.58 Å². The second kappa shape index (κ2) is 9.54. The van der Waals surface area contributed by atoms with E-state index in [9.17, 15) is 5.26 Å². The second-order valence-corrected chi connectivity index (χ2v) is 10.9. The number of para-hydroxylation sites is 1. The maximum Gasteiger partial charge on any atom is 0.153 e. The van der Waals surface area contributed by atoms with Gasteiger partial charge in [-0.15, -0.1) is 0 Å². The Kier molecular flexibility index (Phi) is 6.11. The minimum absolute atomic E-state index is 0.0845. The van der Waals surface area contributed by atoms with Crippen LogP contribution in [0.25, 0.3) is 55.4 Å². The Bertz CT molecular complexity index is 1970. The highest BCUT2D eigenvalue weighted by Crippen LogP contribution is 2.39. The van der Waals surface area contributed by atoms with Crippen LogP contribution in [0, 0.1) is 17.1 Å². The quantitative estimate of drug-likeness (QED) is 0.241. The van der Waals surface area contributed by atoms with Crippen LogP contribution in [0.15, 0.2) is 89.3 Å². The highest BCUT2D eigenvalue weighted by molar-refractivity contribution is 6.38. The Balaban J connectivity index is 1.52. The Hall–Kier alpha value is -4.62. The molecule has 6 rings (SSSR count). The lowest BCUT2D eigenvalue weighted by molar-refractivity contribution is 0.529. The number of furan rings is 1. The number of rotatable bonds is 3. The molecule has 0 saturated heterocycles. The van der Waals surface area contributed by atoms with Gasteiger partial charge in [-0.1, -0.05) is 93.6 Å². The van der Waals surface area contributed by atoms with Gasteiger partial charge in [0.25, 0.3) is 0 Å². The summed E-state index contributed by atoms with van der Waals surface area (Å²) in [6, 6.07) is 29.9. The van der Waals surface area contributed by atoms with Crippen LogP contribution in [0.3, 0.4) is 0 Å². The van der Waals surface area contributed by atoms with Crippen molar-refractivity contribution in [2.75, 3.05) is 0 Å². The molecule has 2 heterocycles. The molecule has 0 aliphatic rings. The molecule has 0 spiro atoms. The van der Waals surface area contributed by atoms with Gasteiger partial charge in [0.05, 0.1) is 5.69 Å². The molecule has 4 aromatic carbocycles. The molecule has 40 heavy (non-hydrogen) atoms. The van der Waals surface area contributed by atoms with Gasteiger partial charge in [-0.05, 0) is 45.3 Å². The summed E-state index contributed by atoms with van der Waals surface area (Å²) in [6.45, 7) is 5.58. The Morgan fingerprint density at radius 2 is 1.40 bits per heavy atom. The number of benzene rings is 4. The summed E-state index contributed by atoms with van der Waals surface area (Å²) in [5, 5.41) is 11.8. The predicted octanol–water partition coefficient (Wildman–Crippen LogP) is 6.88. The van der Waals surface area contributed by atoms with Crippen LogP contribution in [-0.2, 0) is 5.41 Å². The van der Waals surface area contributed by atoms with E-state index in [-0.39, 0.29) is 22.3 Å². The molecule has 6 heteroatoms. The van der Waals surface area contributed by atoms with Gasteiger partial charge in [-0.2, -0.15) is 5.26 Å². The van der Waals surface area contributed by atoms with Crippen LogP contribution in [0.4, 0.5) is 4.39 Å². The molecule has 0 unspecified atom stereocenters. The first kappa shape index (κ1) is 25.6. The summed E-state index contributed by atoms with van der Waals surface area (Å²) in [7, 11) is 12.5. The van der Waals surface area contributed by atoms with E-state index in [1.807, 2.05) is 87.5 Å². The van der Waals surface area contributed by atoms with E-state index in [2.05, 4.69) is 23.2 Å². The van der Waals surface area contributed by atoms with E-state index in [1.165, 1.54) is 0 Å². The average molecular weight is 516 g/mol. The van der Waals surface area contributed by atoms with Crippen LogP contribution >= 0.6 is 0 Å². The summed E-state index contributed by atoms with van der Waals surface area (Å²) in [5.41, 5.74) is 5.63. The fourth-order valence-electron chi connectivity index (χ4n) is 5.38. The van der Waals surface area contributed by atoms with E-state index in [0.717, 1.165) is 33.0 Å². The molecule has 0 aliphatic heterocycles. The molecule has 0 aliphatic carbocycles. The van der Waals surface area contributed by atoms with Crippen LogP contribution in [0.2, 0.25) is 0 Å². The molecule has 0 amide bonds. The summed E-state index contributed by atoms with van der Waals surface area (Å²) < 4.78 is 21.9. The molecule has 0 N–H and O–H groups in total. The zero-order chi connectivity index (χ0) is 28.2. The molecule has 3 nitrogen and oxygen atoms in total. The lowest BCUT2D eigenvalue weighted by atomic mass is 9.76. The van der Waals surface area contributed by atoms with Crippen LogP contribution < -0.4 is 11.1 Å². The zero-order valence-electron chi connectivity index (χ0n) is 22.4. The number of nitrogens with zero attached hydrogens (tertiary/aromatic N) is 2. The van der Waals surface area contributed by atoms with E-state index >= 15 is 4.39 Å². The van der Waals surface area contributed by atoms with Gasteiger partial charge >= 0.3 is 0 Å². The van der Waals surface area contributed by atoms with Crippen LogP contribution in [0.5, 0.6) is 0 Å².